The van der Waals surface area contributed by atoms with Gasteiger partial charge in [-0.2, -0.15) is 0 Å². The van der Waals surface area contributed by atoms with Crippen molar-refractivity contribution in [3.8, 4) is 11.1 Å². The second-order valence-corrected chi connectivity index (χ2v) is 4.80. The van der Waals surface area contributed by atoms with E-state index in [1.165, 1.54) is 0 Å². The number of benzene rings is 1. The highest BCUT2D eigenvalue weighted by molar-refractivity contribution is 7.17. The van der Waals surface area contributed by atoms with Crippen molar-refractivity contribution < 1.29 is 9.90 Å². The van der Waals surface area contributed by atoms with E-state index in [1.807, 2.05) is 23.6 Å². The van der Waals surface area contributed by atoms with Crippen molar-refractivity contribution in [2.45, 2.75) is 0 Å². The van der Waals surface area contributed by atoms with E-state index < -0.39 is 5.97 Å². The van der Waals surface area contributed by atoms with Crippen molar-refractivity contribution >= 4 is 27.5 Å². The lowest BCUT2D eigenvalue weighted by molar-refractivity contribution is 0.0697. The van der Waals surface area contributed by atoms with E-state index in [-0.39, 0.29) is 0 Å². The number of aromatic nitrogens is 1. The summed E-state index contributed by atoms with van der Waals surface area (Å²) in [5.41, 5.74) is 3.18. The van der Waals surface area contributed by atoms with Gasteiger partial charge in [-0.25, -0.2) is 4.79 Å². The third kappa shape index (κ3) is 1.76. The van der Waals surface area contributed by atoms with Crippen molar-refractivity contribution in [3.05, 3.63) is 53.5 Å². The van der Waals surface area contributed by atoms with Crippen molar-refractivity contribution in [1.82, 2.24) is 4.98 Å². The highest BCUT2D eigenvalue weighted by Crippen LogP contribution is 2.31. The number of carboxylic acid groups (broad SMARTS) is 1. The third-order valence-electron chi connectivity index (χ3n) is 2.76. The van der Waals surface area contributed by atoms with Crippen LogP contribution in [0.4, 0.5) is 0 Å². The van der Waals surface area contributed by atoms with Crippen LogP contribution in [0.3, 0.4) is 0 Å². The van der Waals surface area contributed by atoms with Crippen LogP contribution in [0.15, 0.2) is 48.0 Å². The summed E-state index contributed by atoms with van der Waals surface area (Å²) in [4.78, 5) is 15.3. The molecule has 2 aromatic heterocycles. The number of aromatic carboxylic acids is 1. The quantitative estimate of drug-likeness (QED) is 0.760. The van der Waals surface area contributed by atoms with Gasteiger partial charge in [-0.15, -0.1) is 11.3 Å². The number of hydrogen-bond acceptors (Lipinski definition) is 3. The van der Waals surface area contributed by atoms with E-state index in [1.54, 1.807) is 35.7 Å². The monoisotopic (exact) mass is 255 g/mol. The molecule has 0 aliphatic rings. The van der Waals surface area contributed by atoms with Gasteiger partial charge in [-0.05, 0) is 35.2 Å². The first-order valence-corrected chi connectivity index (χ1v) is 6.29. The Bertz CT molecular complexity index is 733. The first kappa shape index (κ1) is 10.9. The maximum absolute atomic E-state index is 11.0. The molecule has 0 amide bonds. The van der Waals surface area contributed by atoms with Gasteiger partial charge in [-0.1, -0.05) is 12.1 Å². The first-order chi connectivity index (χ1) is 8.75. The number of fused-ring (bicyclic) bond motifs is 1. The van der Waals surface area contributed by atoms with Crippen molar-refractivity contribution in [2.75, 3.05) is 0 Å². The summed E-state index contributed by atoms with van der Waals surface area (Å²) in [6, 6.07) is 10.8. The van der Waals surface area contributed by atoms with Gasteiger partial charge in [0.15, 0.2) is 0 Å². The van der Waals surface area contributed by atoms with E-state index >= 15 is 0 Å². The molecule has 0 aliphatic heterocycles. The van der Waals surface area contributed by atoms with Crippen LogP contribution in [0.1, 0.15) is 10.4 Å². The average Bonchev–Trinajstić information content (AvgIpc) is 2.87. The molecule has 0 saturated carbocycles. The topological polar surface area (TPSA) is 50.2 Å². The van der Waals surface area contributed by atoms with Gasteiger partial charge in [0, 0.05) is 11.8 Å². The van der Waals surface area contributed by atoms with Crippen molar-refractivity contribution in [3.63, 3.8) is 0 Å². The summed E-state index contributed by atoms with van der Waals surface area (Å²) >= 11 is 1.61. The predicted molar refractivity (Wildman–Crippen MR) is 72.0 cm³/mol. The second kappa shape index (κ2) is 4.23. The summed E-state index contributed by atoms with van der Waals surface area (Å²) in [5, 5.41) is 11.0. The molecule has 0 saturated heterocycles. The molecule has 0 atom stereocenters. The smallest absolute Gasteiger partial charge is 0.335 e. The van der Waals surface area contributed by atoms with Crippen LogP contribution in [0.25, 0.3) is 21.3 Å². The van der Waals surface area contributed by atoms with Gasteiger partial charge in [-0.3, -0.25) is 4.98 Å². The molecule has 3 rings (SSSR count). The summed E-state index contributed by atoms with van der Waals surface area (Å²) in [7, 11) is 0. The highest BCUT2D eigenvalue weighted by atomic mass is 32.1. The van der Waals surface area contributed by atoms with Crippen LogP contribution in [0.5, 0.6) is 0 Å². The van der Waals surface area contributed by atoms with Gasteiger partial charge in [0.2, 0.25) is 0 Å². The Morgan fingerprint density at radius 1 is 1.22 bits per heavy atom. The summed E-state index contributed by atoms with van der Waals surface area (Å²) in [5.74, 6) is -0.909. The van der Waals surface area contributed by atoms with Crippen molar-refractivity contribution in [1.29, 1.82) is 0 Å². The molecule has 4 heteroatoms. The van der Waals surface area contributed by atoms with Gasteiger partial charge in [0.25, 0.3) is 0 Å². The van der Waals surface area contributed by atoms with E-state index in [4.69, 9.17) is 5.11 Å². The molecule has 3 aromatic rings. The maximum atomic E-state index is 11.0. The Kier molecular flexibility index (Phi) is 2.57. The van der Waals surface area contributed by atoms with Crippen molar-refractivity contribution in [2.24, 2.45) is 0 Å². The minimum absolute atomic E-state index is 0.300. The molecule has 1 aromatic carbocycles. The number of rotatable bonds is 2. The summed E-state index contributed by atoms with van der Waals surface area (Å²) < 4.78 is 1.08. The average molecular weight is 255 g/mol. The Morgan fingerprint density at radius 2 is 2.11 bits per heavy atom. The van der Waals surface area contributed by atoms with Crippen LogP contribution in [0, 0.1) is 0 Å². The maximum Gasteiger partial charge on any atom is 0.335 e. The molecule has 1 N–H and O–H groups in total. The van der Waals surface area contributed by atoms with E-state index in [0.29, 0.717) is 5.56 Å². The molecule has 0 aliphatic carbocycles. The number of carboxylic acids is 1. The zero-order valence-corrected chi connectivity index (χ0v) is 10.1. The molecule has 0 fully saturated rings. The SMILES string of the molecule is O=C(O)c1cccc(-c2ccnc3ccsc23)c1. The van der Waals surface area contributed by atoms with Crippen LogP contribution in [-0.2, 0) is 0 Å². The fourth-order valence-electron chi connectivity index (χ4n) is 1.92. The molecule has 0 spiro atoms. The number of nitrogens with zero attached hydrogens (tertiary/aromatic N) is 1. The Hall–Kier alpha value is -2.20. The zero-order valence-electron chi connectivity index (χ0n) is 9.33. The zero-order chi connectivity index (χ0) is 12.5. The molecular weight excluding hydrogens is 246 g/mol. The van der Waals surface area contributed by atoms with Gasteiger partial charge < -0.3 is 5.11 Å². The standard InChI is InChI=1S/C14H9NO2S/c16-14(17)10-3-1-2-9(8-10)11-4-6-15-12-5-7-18-13(11)12/h1-8H,(H,16,17). The molecule has 0 bridgehead atoms. The minimum Gasteiger partial charge on any atom is -0.478 e. The fraction of sp³-hybridized carbons (Fsp3) is 0. The van der Waals surface area contributed by atoms with E-state index in [2.05, 4.69) is 4.98 Å². The molecule has 18 heavy (non-hydrogen) atoms. The Balaban J connectivity index is 2.23. The van der Waals surface area contributed by atoms with E-state index in [9.17, 15) is 4.79 Å². The molecule has 2 heterocycles. The normalized spacial score (nSPS) is 10.7. The minimum atomic E-state index is -0.909. The summed E-state index contributed by atoms with van der Waals surface area (Å²) in [6.07, 6.45) is 1.75. The highest BCUT2D eigenvalue weighted by Gasteiger charge is 2.08. The van der Waals surface area contributed by atoms with Crippen LogP contribution in [-0.4, -0.2) is 16.1 Å². The number of carbonyl (C=O) groups is 1. The predicted octanol–water partition coefficient (Wildman–Crippen LogP) is 3.66. The first-order valence-electron chi connectivity index (χ1n) is 5.41. The number of thiophene rings is 1. The largest absolute Gasteiger partial charge is 0.478 e. The van der Waals surface area contributed by atoms with Crippen LogP contribution >= 0.6 is 11.3 Å². The molecule has 3 nitrogen and oxygen atoms in total. The van der Waals surface area contributed by atoms with E-state index in [0.717, 1.165) is 21.3 Å². The Labute approximate surface area is 107 Å². The number of pyridine rings is 1. The third-order valence-corrected chi connectivity index (χ3v) is 3.70. The van der Waals surface area contributed by atoms with Gasteiger partial charge in [0.1, 0.15) is 0 Å². The molecule has 0 unspecified atom stereocenters. The lowest BCUT2D eigenvalue weighted by Crippen LogP contribution is -1.95. The second-order valence-electron chi connectivity index (χ2n) is 3.88. The fourth-order valence-corrected chi connectivity index (χ4v) is 2.81. The molecule has 0 radical (unpaired) electrons. The lowest BCUT2D eigenvalue weighted by Gasteiger charge is -2.04. The van der Waals surface area contributed by atoms with Gasteiger partial charge in [0.05, 0.1) is 15.8 Å². The Morgan fingerprint density at radius 3 is 2.94 bits per heavy atom. The van der Waals surface area contributed by atoms with Crippen LogP contribution in [0.2, 0.25) is 0 Å². The number of hydrogen-bond donors (Lipinski definition) is 1. The van der Waals surface area contributed by atoms with Gasteiger partial charge >= 0.3 is 5.97 Å². The molecule has 88 valence electrons. The molecular formula is C14H9NO2S. The lowest BCUT2D eigenvalue weighted by atomic mass is 10.0. The summed E-state index contributed by atoms with van der Waals surface area (Å²) in [6.45, 7) is 0. The van der Waals surface area contributed by atoms with Crippen LogP contribution < -0.4 is 0 Å².